The minimum Gasteiger partial charge on any atom is -0.352 e. The van der Waals surface area contributed by atoms with Gasteiger partial charge in [0.05, 0.1) is 5.69 Å². The second-order valence-electron chi connectivity index (χ2n) is 8.44. The molecular weight excluding hydrogens is 414 g/mol. The Balaban J connectivity index is 1.28. The predicted octanol–water partition coefficient (Wildman–Crippen LogP) is 3.88. The van der Waals surface area contributed by atoms with Crippen molar-refractivity contribution in [3.8, 4) is 11.3 Å². The standard InChI is InChI=1S/C26H27N5O2/c1-29-18-21(20-10-5-6-11-23(20)29)22-16-25-30(14-7-15-31(25)28-22)26(33)13-12-24(32)27-17-19-8-3-2-4-9-19/h2-6,8-11,16,18H,7,12-15,17H2,1H3,(H,27,32). The summed E-state index contributed by atoms with van der Waals surface area (Å²) in [6.45, 7) is 1.89. The number of nitrogens with one attached hydrogen (secondary N) is 1. The van der Waals surface area contributed by atoms with Gasteiger partial charge in [-0.25, -0.2) is 4.68 Å². The maximum Gasteiger partial charge on any atom is 0.228 e. The van der Waals surface area contributed by atoms with Gasteiger partial charge in [-0.3, -0.25) is 14.5 Å². The van der Waals surface area contributed by atoms with Gasteiger partial charge in [0.1, 0.15) is 5.82 Å². The molecule has 1 N–H and O–H groups in total. The first-order chi connectivity index (χ1) is 16.1. The largest absolute Gasteiger partial charge is 0.352 e. The average Bonchev–Trinajstić information content (AvgIpc) is 3.43. The zero-order valence-corrected chi connectivity index (χ0v) is 18.7. The molecular formula is C26H27N5O2. The van der Waals surface area contributed by atoms with Crippen LogP contribution in [0.15, 0.2) is 66.9 Å². The van der Waals surface area contributed by atoms with Gasteiger partial charge in [-0.1, -0.05) is 48.5 Å². The lowest BCUT2D eigenvalue weighted by Crippen LogP contribution is -2.38. The molecule has 0 saturated heterocycles. The lowest BCUT2D eigenvalue weighted by Gasteiger charge is -2.27. The van der Waals surface area contributed by atoms with E-state index in [9.17, 15) is 9.59 Å². The minimum atomic E-state index is -0.117. The molecule has 1 aliphatic rings. The molecule has 1 aliphatic heterocycles. The van der Waals surface area contributed by atoms with Crippen LogP contribution in [0.2, 0.25) is 0 Å². The summed E-state index contributed by atoms with van der Waals surface area (Å²) in [4.78, 5) is 27.0. The van der Waals surface area contributed by atoms with E-state index < -0.39 is 0 Å². The third kappa shape index (κ3) is 4.26. The van der Waals surface area contributed by atoms with Crippen LogP contribution in [-0.2, 0) is 29.7 Å². The van der Waals surface area contributed by atoms with Crippen LogP contribution in [0.25, 0.3) is 22.2 Å². The Kier molecular flexibility index (Phi) is 5.69. The van der Waals surface area contributed by atoms with Gasteiger partial charge in [-0.15, -0.1) is 0 Å². The number of para-hydroxylation sites is 1. The summed E-state index contributed by atoms with van der Waals surface area (Å²) < 4.78 is 4.01. The highest BCUT2D eigenvalue weighted by Gasteiger charge is 2.26. The summed E-state index contributed by atoms with van der Waals surface area (Å²) in [5.74, 6) is 0.642. The second-order valence-corrected chi connectivity index (χ2v) is 8.44. The first kappa shape index (κ1) is 21.0. The molecule has 0 saturated carbocycles. The maximum atomic E-state index is 13.0. The van der Waals surface area contributed by atoms with E-state index in [1.165, 1.54) is 0 Å². The normalized spacial score (nSPS) is 13.2. The highest BCUT2D eigenvalue weighted by atomic mass is 16.2. The Morgan fingerprint density at radius 1 is 1.00 bits per heavy atom. The lowest BCUT2D eigenvalue weighted by molar-refractivity contribution is -0.125. The van der Waals surface area contributed by atoms with Crippen molar-refractivity contribution in [2.75, 3.05) is 11.4 Å². The molecule has 168 valence electrons. The Hall–Kier alpha value is -3.87. The Morgan fingerprint density at radius 2 is 1.79 bits per heavy atom. The van der Waals surface area contributed by atoms with Crippen molar-refractivity contribution < 1.29 is 9.59 Å². The van der Waals surface area contributed by atoms with Crippen LogP contribution < -0.4 is 10.2 Å². The number of rotatable bonds is 6. The van der Waals surface area contributed by atoms with Crippen molar-refractivity contribution in [2.24, 2.45) is 7.05 Å². The second kappa shape index (κ2) is 8.94. The first-order valence-corrected chi connectivity index (χ1v) is 11.3. The smallest absolute Gasteiger partial charge is 0.228 e. The van der Waals surface area contributed by atoms with Crippen LogP contribution in [0.5, 0.6) is 0 Å². The maximum absolute atomic E-state index is 13.0. The average molecular weight is 442 g/mol. The fourth-order valence-corrected chi connectivity index (χ4v) is 4.45. The van der Waals surface area contributed by atoms with Crippen LogP contribution in [0, 0.1) is 0 Å². The van der Waals surface area contributed by atoms with Crippen molar-refractivity contribution >= 4 is 28.5 Å². The number of aromatic nitrogens is 3. The van der Waals surface area contributed by atoms with Crippen LogP contribution in [0.1, 0.15) is 24.8 Å². The molecule has 2 aromatic heterocycles. The molecule has 3 heterocycles. The number of hydrogen-bond donors (Lipinski definition) is 1. The molecule has 5 rings (SSSR count). The van der Waals surface area contributed by atoms with Gasteiger partial charge < -0.3 is 9.88 Å². The molecule has 2 amide bonds. The molecule has 4 aromatic rings. The number of carbonyl (C=O) groups excluding carboxylic acids is 2. The van der Waals surface area contributed by atoms with Gasteiger partial charge >= 0.3 is 0 Å². The number of nitrogens with zero attached hydrogens (tertiary/aromatic N) is 4. The molecule has 0 atom stereocenters. The van der Waals surface area contributed by atoms with E-state index in [4.69, 9.17) is 5.10 Å². The summed E-state index contributed by atoms with van der Waals surface area (Å²) in [7, 11) is 2.03. The molecule has 0 bridgehead atoms. The van der Waals surface area contributed by atoms with E-state index in [-0.39, 0.29) is 24.7 Å². The van der Waals surface area contributed by atoms with E-state index in [2.05, 4.69) is 28.2 Å². The Morgan fingerprint density at radius 3 is 2.64 bits per heavy atom. The molecule has 0 fully saturated rings. The number of benzene rings is 2. The first-order valence-electron chi connectivity index (χ1n) is 11.3. The van der Waals surface area contributed by atoms with Gasteiger partial charge in [-0.2, -0.15) is 5.10 Å². The zero-order chi connectivity index (χ0) is 22.8. The van der Waals surface area contributed by atoms with Crippen molar-refractivity contribution in [1.29, 1.82) is 0 Å². The number of aryl methyl sites for hydroxylation is 2. The van der Waals surface area contributed by atoms with E-state index in [0.29, 0.717) is 13.1 Å². The van der Waals surface area contributed by atoms with Crippen molar-refractivity contribution in [3.63, 3.8) is 0 Å². The van der Waals surface area contributed by atoms with Crippen molar-refractivity contribution in [1.82, 2.24) is 19.7 Å². The number of amides is 2. The van der Waals surface area contributed by atoms with E-state index in [1.54, 1.807) is 4.90 Å². The number of fused-ring (bicyclic) bond motifs is 2. The summed E-state index contributed by atoms with van der Waals surface area (Å²) in [6, 6.07) is 20.0. The van der Waals surface area contributed by atoms with Crippen LogP contribution >= 0.6 is 0 Å². The molecule has 7 heteroatoms. The highest BCUT2D eigenvalue weighted by molar-refractivity contribution is 5.98. The van der Waals surface area contributed by atoms with E-state index in [0.717, 1.165) is 46.5 Å². The number of carbonyl (C=O) groups is 2. The summed E-state index contributed by atoms with van der Waals surface area (Å²) >= 11 is 0. The molecule has 0 unspecified atom stereocenters. The number of anilines is 1. The van der Waals surface area contributed by atoms with Gasteiger partial charge in [-0.05, 0) is 18.1 Å². The molecule has 7 nitrogen and oxygen atoms in total. The molecule has 0 spiro atoms. The highest BCUT2D eigenvalue weighted by Crippen LogP contribution is 2.33. The van der Waals surface area contributed by atoms with Crippen molar-refractivity contribution in [2.45, 2.75) is 32.4 Å². The third-order valence-corrected chi connectivity index (χ3v) is 6.16. The fraction of sp³-hybridized carbons (Fsp3) is 0.269. The van der Waals surface area contributed by atoms with Gasteiger partial charge in [0.25, 0.3) is 0 Å². The minimum absolute atomic E-state index is 0.0461. The molecule has 0 radical (unpaired) electrons. The molecule has 33 heavy (non-hydrogen) atoms. The van der Waals surface area contributed by atoms with Gasteiger partial charge in [0.2, 0.25) is 11.8 Å². The number of hydrogen-bond acceptors (Lipinski definition) is 3. The topological polar surface area (TPSA) is 72.2 Å². The van der Waals surface area contributed by atoms with E-state index >= 15 is 0 Å². The van der Waals surface area contributed by atoms with E-state index in [1.807, 2.05) is 60.3 Å². The lowest BCUT2D eigenvalue weighted by atomic mass is 10.1. The monoisotopic (exact) mass is 441 g/mol. The SMILES string of the molecule is Cn1cc(-c2cc3n(n2)CCCN3C(=O)CCC(=O)NCc2ccccc2)c2ccccc21. The third-order valence-electron chi connectivity index (χ3n) is 6.16. The van der Waals surface area contributed by atoms with Crippen LogP contribution in [0.3, 0.4) is 0 Å². The Bertz CT molecular complexity index is 1300. The summed E-state index contributed by atoms with van der Waals surface area (Å²) in [5.41, 5.74) is 4.11. The zero-order valence-electron chi connectivity index (χ0n) is 18.7. The summed E-state index contributed by atoms with van der Waals surface area (Å²) in [6.07, 6.45) is 3.28. The van der Waals surface area contributed by atoms with Crippen LogP contribution in [-0.4, -0.2) is 32.7 Å². The molecule has 0 aliphatic carbocycles. The quantitative estimate of drug-likeness (QED) is 0.494. The fourth-order valence-electron chi connectivity index (χ4n) is 4.45. The molecule has 2 aromatic carbocycles. The van der Waals surface area contributed by atoms with Crippen LogP contribution in [0.4, 0.5) is 5.82 Å². The van der Waals surface area contributed by atoms with Crippen molar-refractivity contribution in [3.05, 3.63) is 72.4 Å². The van der Waals surface area contributed by atoms with Gasteiger partial charge in [0.15, 0.2) is 0 Å². The summed E-state index contributed by atoms with van der Waals surface area (Å²) in [5, 5.41) is 8.84. The van der Waals surface area contributed by atoms with Gasteiger partial charge in [0, 0.05) is 68.3 Å². The predicted molar refractivity (Wildman–Crippen MR) is 129 cm³/mol. The Labute approximate surface area is 192 Å².